The molecule has 6 rings (SSSR count). The van der Waals surface area contributed by atoms with Crippen LogP contribution in [0.3, 0.4) is 0 Å². The van der Waals surface area contributed by atoms with Crippen molar-refractivity contribution in [3.8, 4) is 22.3 Å². The van der Waals surface area contributed by atoms with Crippen LogP contribution in [-0.4, -0.2) is 112 Å². The Hall–Kier alpha value is -5.54. The van der Waals surface area contributed by atoms with Crippen molar-refractivity contribution < 1.29 is 63.6 Å². The number of nitrogens with zero attached hydrogens (tertiary/aromatic N) is 8. The summed E-state index contributed by atoms with van der Waals surface area (Å²) in [4.78, 5) is 37.6. The minimum Gasteiger partial charge on any atom is -0.758 e. The van der Waals surface area contributed by atoms with E-state index in [2.05, 4.69) is 32.6 Å². The van der Waals surface area contributed by atoms with E-state index in [0.717, 1.165) is 59.6 Å². The van der Waals surface area contributed by atoms with Crippen LogP contribution in [-0.2, 0) is 108 Å². The van der Waals surface area contributed by atoms with Gasteiger partial charge < -0.3 is 53.7 Å². The third-order valence-electron chi connectivity index (χ3n) is 10.8. The molecule has 0 aliphatic rings. The first-order valence-electron chi connectivity index (χ1n) is 23.5. The van der Waals surface area contributed by atoms with Gasteiger partial charge in [0.05, 0.1) is 23.0 Å². The van der Waals surface area contributed by atoms with Gasteiger partial charge in [0.1, 0.15) is 35.7 Å². The van der Waals surface area contributed by atoms with Gasteiger partial charge >= 0.3 is 39.6 Å². The van der Waals surface area contributed by atoms with Gasteiger partial charge in [-0.05, 0) is 71.1 Å². The summed E-state index contributed by atoms with van der Waals surface area (Å²) in [5.74, 6) is 0.548. The predicted molar refractivity (Wildman–Crippen MR) is 286 cm³/mol. The predicted octanol–water partition coefficient (Wildman–Crippen LogP) is 8.60. The Morgan fingerprint density at radius 3 is 1.23 bits per heavy atom. The van der Waals surface area contributed by atoms with Crippen molar-refractivity contribution in [1.29, 1.82) is 0 Å². The molecule has 0 radical (unpaired) electrons. The quantitative estimate of drug-likeness (QED) is 0.0207. The second-order valence-corrected chi connectivity index (χ2v) is 20.9. The Kier molecular flexibility index (Phi) is 23.2. The van der Waals surface area contributed by atoms with Crippen molar-refractivity contribution >= 4 is 69.9 Å². The van der Waals surface area contributed by atoms with E-state index >= 15 is 0 Å². The fraction of sp³-hybridized carbons (Fsp3) is 0.346. The number of hydrogen-bond donors (Lipinski definition) is 0. The maximum atomic E-state index is 12.8. The molecular weight excluding hydrogens is 1190 g/mol. The molecule has 0 saturated heterocycles. The number of aryl methyl sites for hydroxylation is 2. The van der Waals surface area contributed by atoms with E-state index in [1.54, 1.807) is 100 Å². The van der Waals surface area contributed by atoms with Crippen LogP contribution < -0.4 is 0 Å². The van der Waals surface area contributed by atoms with Crippen molar-refractivity contribution in [3.63, 3.8) is 0 Å². The molecule has 0 atom stereocenters. The molecule has 0 N–H and O–H groups in total. The van der Waals surface area contributed by atoms with Crippen molar-refractivity contribution in [2.24, 2.45) is 8.80 Å². The number of imidazole rings is 2. The molecular formula is C52H62HgN8O8S4. The summed E-state index contributed by atoms with van der Waals surface area (Å²) in [6.07, 6.45) is 7.78. The molecule has 0 bridgehead atoms. The average molecular weight is 1260 g/mol. The first-order valence-corrected chi connectivity index (χ1v) is 27.2. The summed E-state index contributed by atoms with van der Waals surface area (Å²) in [6.45, 7) is 8.98. The van der Waals surface area contributed by atoms with Crippen LogP contribution >= 0.6 is 0 Å². The maximum Gasteiger partial charge on any atom is 2.00 e. The fourth-order valence-corrected chi connectivity index (χ4v) is 10.2. The number of rotatable bonds is 22. The van der Waals surface area contributed by atoms with Gasteiger partial charge in [-0.15, -0.1) is 8.80 Å². The van der Waals surface area contributed by atoms with Crippen molar-refractivity contribution in [3.05, 3.63) is 131 Å². The maximum absolute atomic E-state index is 12.8. The summed E-state index contributed by atoms with van der Waals surface area (Å²) in [5, 5.41) is 0.488. The normalized spacial score (nSPS) is 11.5. The molecule has 0 unspecified atom stereocenters. The zero-order valence-electron chi connectivity index (χ0n) is 42.6. The average Bonchev–Trinajstić information content (AvgIpc) is 3.84. The SMILES string of the molecule is CCCCc1nc([S-])c(C(=O)OCC)n1Cc1ccc(-c2ccccc2S(=O)(=O)/N=C/N(C)C)cc1.CCCCc1nc([S-])c(C(=O)OCC)n1Cc1ccc(-c2ccccc2S(=O)(=O)/N=C/N(C)C)cc1.[Hg+2]. The Labute approximate surface area is 461 Å². The zero-order chi connectivity index (χ0) is 52.6. The van der Waals surface area contributed by atoms with Crippen LogP contribution in [0.2, 0.25) is 0 Å². The van der Waals surface area contributed by atoms with Crippen LogP contribution in [0.15, 0.2) is 126 Å². The van der Waals surface area contributed by atoms with Crippen molar-refractivity contribution in [2.45, 2.75) is 99.2 Å². The topological polar surface area (TPSA) is 188 Å². The summed E-state index contributed by atoms with van der Waals surface area (Å²) in [7, 11) is -0.913. The number of carbonyl (C=O) groups is 2. The van der Waals surface area contributed by atoms with Gasteiger partial charge in [0.25, 0.3) is 20.0 Å². The van der Waals surface area contributed by atoms with Gasteiger partial charge in [-0.3, -0.25) is 9.97 Å². The third-order valence-corrected chi connectivity index (χ3v) is 14.0. The van der Waals surface area contributed by atoms with Crippen LogP contribution in [0.25, 0.3) is 22.3 Å². The molecule has 0 aliphatic heterocycles. The van der Waals surface area contributed by atoms with E-state index in [0.29, 0.717) is 37.1 Å². The first kappa shape index (κ1) is 60.0. The van der Waals surface area contributed by atoms with E-state index in [4.69, 9.17) is 34.7 Å². The van der Waals surface area contributed by atoms with Gasteiger partial charge in [-0.2, -0.15) is 16.8 Å². The minimum absolute atomic E-state index is 0. The molecule has 4 aromatic carbocycles. The van der Waals surface area contributed by atoms with Gasteiger partial charge in [0.15, 0.2) is 0 Å². The van der Waals surface area contributed by atoms with Crippen molar-refractivity contribution in [2.75, 3.05) is 41.4 Å². The second kappa shape index (κ2) is 28.2. The van der Waals surface area contributed by atoms with Crippen LogP contribution in [0.1, 0.15) is 97.1 Å². The number of ether oxygens (including phenoxy) is 2. The van der Waals surface area contributed by atoms with Gasteiger partial charge in [-0.25, -0.2) is 9.59 Å². The number of aromatic nitrogens is 4. The van der Waals surface area contributed by atoms with Gasteiger partial charge in [0.2, 0.25) is 0 Å². The van der Waals surface area contributed by atoms with E-state index in [9.17, 15) is 26.4 Å². The van der Waals surface area contributed by atoms with E-state index < -0.39 is 32.0 Å². The summed E-state index contributed by atoms with van der Waals surface area (Å²) in [5.41, 5.74) is 5.02. The largest absolute Gasteiger partial charge is 2.00 e. The Morgan fingerprint density at radius 2 is 0.918 bits per heavy atom. The minimum atomic E-state index is -3.87. The molecule has 6 aromatic rings. The number of unbranched alkanes of at least 4 members (excludes halogenated alkanes) is 2. The molecule has 2 heterocycles. The van der Waals surface area contributed by atoms with Gasteiger partial charge in [0, 0.05) is 65.2 Å². The van der Waals surface area contributed by atoms with Gasteiger partial charge in [-0.1, -0.05) is 112 Å². The van der Waals surface area contributed by atoms with Crippen LogP contribution in [0.5, 0.6) is 0 Å². The second-order valence-electron chi connectivity index (χ2n) is 16.9. The summed E-state index contributed by atoms with van der Waals surface area (Å²) in [6, 6.07) is 28.6. The Morgan fingerprint density at radius 1 is 0.575 bits per heavy atom. The standard InChI is InChI=1S/2C26H32N4O4S2.Hg/c2*1-5-7-12-23-28-25(35)24(26(31)34-6-2)30(23)17-19-13-15-20(16-14-19)21-10-8-9-11-22(21)36(32,33)27-18-29(3)4;/h2*8-11,13-16,18,35H,5-7,12,17H2,1-4H3;/q;;+2/p-2/b2*27-18+;. The monoisotopic (exact) mass is 1260 g/mol. The number of benzene rings is 4. The fourth-order valence-electron chi connectivity index (χ4n) is 7.37. The van der Waals surface area contributed by atoms with Crippen LogP contribution in [0.4, 0.5) is 0 Å². The smallest absolute Gasteiger partial charge is 0.758 e. The molecule has 0 spiro atoms. The number of sulfonamides is 2. The first-order chi connectivity index (χ1) is 34.3. The third kappa shape index (κ3) is 16.2. The molecule has 0 aliphatic carbocycles. The summed E-state index contributed by atoms with van der Waals surface area (Å²) < 4.78 is 73.0. The van der Waals surface area contributed by atoms with E-state index in [-0.39, 0.29) is 72.1 Å². The molecule has 0 amide bonds. The van der Waals surface area contributed by atoms with E-state index in [1.807, 2.05) is 57.7 Å². The summed E-state index contributed by atoms with van der Waals surface area (Å²) >= 11 is 10.8. The van der Waals surface area contributed by atoms with E-state index in [1.165, 1.54) is 12.7 Å². The van der Waals surface area contributed by atoms with Crippen molar-refractivity contribution in [1.82, 2.24) is 28.9 Å². The Bertz CT molecular complexity index is 2880. The molecule has 0 fully saturated rings. The zero-order valence-corrected chi connectivity index (χ0v) is 51.4. The Balaban J connectivity index is 0.000000312. The molecule has 73 heavy (non-hydrogen) atoms. The molecule has 384 valence electrons. The molecule has 0 saturated carbocycles. The molecule has 21 heteroatoms. The molecule has 16 nitrogen and oxygen atoms in total. The number of esters is 2. The number of carbonyl (C=O) groups excluding carboxylic acids is 2. The molecule has 2 aromatic heterocycles. The number of hydrogen-bond acceptors (Lipinski definition) is 12. The van der Waals surface area contributed by atoms with Crippen LogP contribution in [0, 0.1) is 0 Å².